The Morgan fingerprint density at radius 1 is 1.04 bits per heavy atom. The number of allylic oxidation sites excluding steroid dienone is 1. The maximum absolute atomic E-state index is 12.3. The Balaban J connectivity index is 2.20. The molecule has 142 valence electrons. The van der Waals surface area contributed by atoms with Crippen LogP contribution in [0.3, 0.4) is 0 Å². The third kappa shape index (κ3) is 4.97. The van der Waals surface area contributed by atoms with Crippen molar-refractivity contribution in [1.82, 2.24) is 0 Å². The van der Waals surface area contributed by atoms with E-state index in [2.05, 4.69) is 0 Å². The molecule has 0 fully saturated rings. The average Bonchev–Trinajstić information content (AvgIpc) is 2.62. The molecular weight excluding hydrogens is 344 g/mol. The number of benzene rings is 2. The van der Waals surface area contributed by atoms with Crippen molar-refractivity contribution < 1.29 is 24.2 Å². The van der Waals surface area contributed by atoms with Gasteiger partial charge in [0.05, 0.1) is 7.11 Å². The van der Waals surface area contributed by atoms with Crippen molar-refractivity contribution in [2.75, 3.05) is 7.11 Å². The number of carbonyl (C=O) groups excluding carboxylic acids is 1. The summed E-state index contributed by atoms with van der Waals surface area (Å²) >= 11 is 0. The first-order valence-corrected chi connectivity index (χ1v) is 8.54. The summed E-state index contributed by atoms with van der Waals surface area (Å²) in [6.07, 6.45) is 3.25. The molecule has 5 heteroatoms. The fourth-order valence-electron chi connectivity index (χ4n) is 2.56. The van der Waals surface area contributed by atoms with Crippen LogP contribution < -0.4 is 9.47 Å². The van der Waals surface area contributed by atoms with E-state index in [0.717, 1.165) is 16.7 Å². The van der Waals surface area contributed by atoms with Crippen molar-refractivity contribution in [2.24, 2.45) is 0 Å². The van der Waals surface area contributed by atoms with Crippen LogP contribution in [0.2, 0.25) is 0 Å². The molecule has 0 saturated carbocycles. The molecular formula is C22H24O5. The zero-order chi connectivity index (χ0) is 20.2. The van der Waals surface area contributed by atoms with Crippen LogP contribution in [0.4, 0.5) is 0 Å². The standard InChI is InChI=1S/C22H24O5/c1-14-12-16(13-15(2)20(14)27-22(3,4)21(24)25)6-11-19(23)17-7-9-18(26-5)10-8-17/h6-13H,1-5H3,(H,24,25)/b11-6+. The number of carbonyl (C=O) groups is 2. The van der Waals surface area contributed by atoms with Crippen LogP contribution in [-0.4, -0.2) is 29.6 Å². The number of aryl methyl sites for hydroxylation is 2. The van der Waals surface area contributed by atoms with Crippen LogP contribution in [0, 0.1) is 13.8 Å². The van der Waals surface area contributed by atoms with Gasteiger partial charge in [0, 0.05) is 5.56 Å². The monoisotopic (exact) mass is 368 g/mol. The van der Waals surface area contributed by atoms with Crippen LogP contribution in [0.5, 0.6) is 11.5 Å². The second-order valence-electron chi connectivity index (χ2n) is 6.83. The van der Waals surface area contributed by atoms with Crippen LogP contribution in [0.1, 0.15) is 40.9 Å². The van der Waals surface area contributed by atoms with Crippen molar-refractivity contribution in [3.05, 3.63) is 64.7 Å². The summed E-state index contributed by atoms with van der Waals surface area (Å²) in [6.45, 7) is 6.72. The molecule has 0 aliphatic heterocycles. The Bertz CT molecular complexity index is 853. The zero-order valence-electron chi connectivity index (χ0n) is 16.2. The Morgan fingerprint density at radius 2 is 1.59 bits per heavy atom. The lowest BCUT2D eigenvalue weighted by atomic mass is 10.0. The van der Waals surface area contributed by atoms with Crippen LogP contribution >= 0.6 is 0 Å². The van der Waals surface area contributed by atoms with Gasteiger partial charge in [-0.15, -0.1) is 0 Å². The minimum Gasteiger partial charge on any atom is -0.497 e. The summed E-state index contributed by atoms with van der Waals surface area (Å²) in [7, 11) is 1.58. The first-order valence-electron chi connectivity index (χ1n) is 8.54. The van der Waals surface area contributed by atoms with Crippen molar-refractivity contribution in [2.45, 2.75) is 33.3 Å². The van der Waals surface area contributed by atoms with Crippen LogP contribution in [-0.2, 0) is 4.79 Å². The van der Waals surface area contributed by atoms with Gasteiger partial charge < -0.3 is 14.6 Å². The summed E-state index contributed by atoms with van der Waals surface area (Å²) in [5.74, 6) is 0.0957. The maximum atomic E-state index is 12.3. The number of ketones is 1. The molecule has 1 N–H and O–H groups in total. The molecule has 2 rings (SSSR count). The predicted octanol–water partition coefficient (Wildman–Crippen LogP) is 4.45. The van der Waals surface area contributed by atoms with E-state index >= 15 is 0 Å². The molecule has 27 heavy (non-hydrogen) atoms. The number of hydrogen-bond donors (Lipinski definition) is 1. The van der Waals surface area contributed by atoms with Crippen LogP contribution in [0.25, 0.3) is 6.08 Å². The van der Waals surface area contributed by atoms with Gasteiger partial charge in [0.2, 0.25) is 0 Å². The van der Waals surface area contributed by atoms with E-state index in [1.54, 1.807) is 37.5 Å². The van der Waals surface area contributed by atoms with Gasteiger partial charge in [-0.1, -0.05) is 6.08 Å². The molecule has 0 aliphatic rings. The second-order valence-corrected chi connectivity index (χ2v) is 6.83. The van der Waals surface area contributed by atoms with E-state index in [-0.39, 0.29) is 5.78 Å². The van der Waals surface area contributed by atoms with Crippen LogP contribution in [0.15, 0.2) is 42.5 Å². The summed E-state index contributed by atoms with van der Waals surface area (Å²) in [6, 6.07) is 10.6. The number of ether oxygens (including phenoxy) is 2. The smallest absolute Gasteiger partial charge is 0.347 e. The number of aliphatic carboxylic acids is 1. The molecule has 2 aromatic carbocycles. The highest BCUT2D eigenvalue weighted by atomic mass is 16.5. The first-order chi connectivity index (χ1) is 12.6. The van der Waals surface area contributed by atoms with Crippen molar-refractivity contribution in [3.8, 4) is 11.5 Å². The summed E-state index contributed by atoms with van der Waals surface area (Å²) in [5, 5.41) is 9.24. The largest absolute Gasteiger partial charge is 0.497 e. The lowest BCUT2D eigenvalue weighted by Gasteiger charge is -2.24. The molecule has 0 radical (unpaired) electrons. The fourth-order valence-corrected chi connectivity index (χ4v) is 2.56. The number of carboxylic acids is 1. The quantitative estimate of drug-likeness (QED) is 0.577. The van der Waals surface area contributed by atoms with Gasteiger partial charge in [-0.2, -0.15) is 0 Å². The Kier molecular flexibility index (Phi) is 6.05. The van der Waals surface area contributed by atoms with Gasteiger partial charge in [-0.3, -0.25) is 4.79 Å². The lowest BCUT2D eigenvalue weighted by molar-refractivity contribution is -0.152. The first kappa shape index (κ1) is 20.2. The molecule has 0 unspecified atom stereocenters. The van der Waals surface area contributed by atoms with Gasteiger partial charge in [0.25, 0.3) is 0 Å². The van der Waals surface area contributed by atoms with Crippen molar-refractivity contribution >= 4 is 17.8 Å². The number of carboxylic acid groups (broad SMARTS) is 1. The molecule has 0 aliphatic carbocycles. The highest BCUT2D eigenvalue weighted by molar-refractivity contribution is 6.06. The molecule has 0 heterocycles. The van der Waals surface area contributed by atoms with Gasteiger partial charge in [-0.25, -0.2) is 4.79 Å². The molecule has 5 nitrogen and oxygen atoms in total. The van der Waals surface area contributed by atoms with E-state index in [4.69, 9.17) is 9.47 Å². The van der Waals surface area contributed by atoms with E-state index in [1.165, 1.54) is 19.9 Å². The SMILES string of the molecule is COc1ccc(C(=O)/C=C/c2cc(C)c(OC(C)(C)C(=O)O)c(C)c2)cc1. The molecule has 0 aromatic heterocycles. The summed E-state index contributed by atoms with van der Waals surface area (Å²) in [5.41, 5.74) is 1.70. The molecule has 2 aromatic rings. The molecule has 0 atom stereocenters. The minimum absolute atomic E-state index is 0.111. The maximum Gasteiger partial charge on any atom is 0.347 e. The fraction of sp³-hybridized carbons (Fsp3) is 0.273. The predicted molar refractivity (Wildman–Crippen MR) is 105 cm³/mol. The number of rotatable bonds is 7. The highest BCUT2D eigenvalue weighted by Crippen LogP contribution is 2.29. The molecule has 0 saturated heterocycles. The minimum atomic E-state index is -1.32. The topological polar surface area (TPSA) is 72.8 Å². The second kappa shape index (κ2) is 8.08. The van der Waals surface area contributed by atoms with Gasteiger partial charge >= 0.3 is 5.97 Å². The zero-order valence-corrected chi connectivity index (χ0v) is 16.2. The Labute approximate surface area is 159 Å². The molecule has 0 bridgehead atoms. The molecule has 0 amide bonds. The third-order valence-electron chi connectivity index (χ3n) is 4.16. The van der Waals surface area contributed by atoms with Crippen molar-refractivity contribution in [1.29, 1.82) is 0 Å². The van der Waals surface area contributed by atoms with E-state index in [9.17, 15) is 14.7 Å². The normalized spacial score (nSPS) is 11.4. The van der Waals surface area contributed by atoms with E-state index in [1.807, 2.05) is 26.0 Å². The van der Waals surface area contributed by atoms with Crippen molar-refractivity contribution in [3.63, 3.8) is 0 Å². The van der Waals surface area contributed by atoms with E-state index < -0.39 is 11.6 Å². The Morgan fingerprint density at radius 3 is 2.07 bits per heavy atom. The Hall–Kier alpha value is -3.08. The van der Waals surface area contributed by atoms with Gasteiger partial charge in [-0.05, 0) is 86.9 Å². The third-order valence-corrected chi connectivity index (χ3v) is 4.16. The highest BCUT2D eigenvalue weighted by Gasteiger charge is 2.30. The van der Waals surface area contributed by atoms with E-state index in [0.29, 0.717) is 17.1 Å². The lowest BCUT2D eigenvalue weighted by Crippen LogP contribution is -2.38. The summed E-state index contributed by atoms with van der Waals surface area (Å²) < 4.78 is 10.8. The van der Waals surface area contributed by atoms with Gasteiger partial charge in [0.1, 0.15) is 11.5 Å². The average molecular weight is 368 g/mol. The molecule has 0 spiro atoms. The number of hydrogen-bond acceptors (Lipinski definition) is 4. The van der Waals surface area contributed by atoms with Gasteiger partial charge in [0.15, 0.2) is 11.4 Å². The number of methoxy groups -OCH3 is 1. The summed E-state index contributed by atoms with van der Waals surface area (Å²) in [4.78, 5) is 23.6.